The van der Waals surface area contributed by atoms with Crippen LogP contribution >= 0.6 is 12.6 Å². The SMILES string of the molecule is C/C=C(C)\C=C/[C@H]1C(C)CC1S. The van der Waals surface area contributed by atoms with Gasteiger partial charge in [-0.15, -0.1) is 0 Å². The molecule has 2 unspecified atom stereocenters. The first-order chi connectivity index (χ1) is 5.65. The molecule has 1 heteroatoms. The predicted molar refractivity (Wildman–Crippen MR) is 58.6 cm³/mol. The second kappa shape index (κ2) is 4.18. The molecule has 0 saturated heterocycles. The predicted octanol–water partition coefficient (Wildman–Crippen LogP) is 3.46. The minimum atomic E-state index is 0.598. The molecule has 0 aliphatic heterocycles. The van der Waals surface area contributed by atoms with Crippen LogP contribution in [0.1, 0.15) is 27.2 Å². The van der Waals surface area contributed by atoms with Gasteiger partial charge in [0.2, 0.25) is 0 Å². The van der Waals surface area contributed by atoms with Gasteiger partial charge in [-0.05, 0) is 32.1 Å². The number of hydrogen-bond acceptors (Lipinski definition) is 1. The number of allylic oxidation sites excluding steroid dienone is 4. The van der Waals surface area contributed by atoms with Crippen LogP contribution < -0.4 is 0 Å². The lowest BCUT2D eigenvalue weighted by molar-refractivity contribution is 0.267. The van der Waals surface area contributed by atoms with E-state index in [0.717, 1.165) is 5.92 Å². The molecular formula is C11H18S. The molecule has 1 aliphatic rings. The van der Waals surface area contributed by atoms with Crippen LogP contribution in [0.25, 0.3) is 0 Å². The van der Waals surface area contributed by atoms with Crippen LogP contribution in [0.15, 0.2) is 23.8 Å². The first kappa shape index (κ1) is 9.91. The average Bonchev–Trinajstić information content (AvgIpc) is 2.04. The Morgan fingerprint density at radius 2 is 2.17 bits per heavy atom. The Bertz CT molecular complexity index is 195. The maximum absolute atomic E-state index is 4.50. The highest BCUT2D eigenvalue weighted by atomic mass is 32.1. The van der Waals surface area contributed by atoms with Crippen molar-refractivity contribution in [1.82, 2.24) is 0 Å². The summed E-state index contributed by atoms with van der Waals surface area (Å²) in [6, 6.07) is 0. The van der Waals surface area contributed by atoms with Crippen LogP contribution in [-0.4, -0.2) is 5.25 Å². The van der Waals surface area contributed by atoms with Crippen LogP contribution in [0.5, 0.6) is 0 Å². The lowest BCUT2D eigenvalue weighted by Gasteiger charge is -2.38. The van der Waals surface area contributed by atoms with Crippen molar-refractivity contribution in [2.24, 2.45) is 11.8 Å². The summed E-state index contributed by atoms with van der Waals surface area (Å²) in [4.78, 5) is 0. The number of thiol groups is 1. The largest absolute Gasteiger partial charge is 0.175 e. The van der Waals surface area contributed by atoms with Crippen molar-refractivity contribution < 1.29 is 0 Å². The van der Waals surface area contributed by atoms with Crippen molar-refractivity contribution in [3.05, 3.63) is 23.8 Å². The summed E-state index contributed by atoms with van der Waals surface area (Å²) in [7, 11) is 0. The van der Waals surface area contributed by atoms with Crippen molar-refractivity contribution in [3.63, 3.8) is 0 Å². The van der Waals surface area contributed by atoms with E-state index < -0.39 is 0 Å². The summed E-state index contributed by atoms with van der Waals surface area (Å²) in [5, 5.41) is 0.598. The summed E-state index contributed by atoms with van der Waals surface area (Å²) in [5.74, 6) is 1.52. The number of hydrogen-bond donors (Lipinski definition) is 1. The first-order valence-electron chi connectivity index (χ1n) is 4.64. The molecule has 12 heavy (non-hydrogen) atoms. The summed E-state index contributed by atoms with van der Waals surface area (Å²) in [6.07, 6.45) is 7.92. The monoisotopic (exact) mass is 182 g/mol. The van der Waals surface area contributed by atoms with Gasteiger partial charge in [0.1, 0.15) is 0 Å². The van der Waals surface area contributed by atoms with Gasteiger partial charge in [-0.25, -0.2) is 0 Å². The summed E-state index contributed by atoms with van der Waals surface area (Å²) >= 11 is 4.50. The van der Waals surface area contributed by atoms with Crippen molar-refractivity contribution >= 4 is 12.6 Å². The van der Waals surface area contributed by atoms with Gasteiger partial charge in [-0.2, -0.15) is 12.6 Å². The third kappa shape index (κ3) is 2.16. The second-order valence-electron chi connectivity index (χ2n) is 3.75. The second-order valence-corrected chi connectivity index (χ2v) is 4.41. The van der Waals surface area contributed by atoms with E-state index in [0.29, 0.717) is 11.2 Å². The Labute approximate surface area is 81.2 Å². The maximum atomic E-state index is 4.50. The van der Waals surface area contributed by atoms with Crippen LogP contribution in [-0.2, 0) is 0 Å². The van der Waals surface area contributed by atoms with E-state index in [2.05, 4.69) is 51.6 Å². The zero-order valence-electron chi connectivity index (χ0n) is 8.12. The summed E-state index contributed by atoms with van der Waals surface area (Å²) < 4.78 is 0. The Hall–Kier alpha value is -0.170. The maximum Gasteiger partial charge on any atom is 0.00850 e. The fourth-order valence-corrected chi connectivity index (χ4v) is 2.28. The fraction of sp³-hybridized carbons (Fsp3) is 0.636. The topological polar surface area (TPSA) is 0 Å². The minimum absolute atomic E-state index is 0.598. The lowest BCUT2D eigenvalue weighted by atomic mass is 9.74. The van der Waals surface area contributed by atoms with Gasteiger partial charge in [0.05, 0.1) is 0 Å². The van der Waals surface area contributed by atoms with Gasteiger partial charge in [-0.3, -0.25) is 0 Å². The fourth-order valence-electron chi connectivity index (χ4n) is 1.56. The van der Waals surface area contributed by atoms with Gasteiger partial charge in [0.25, 0.3) is 0 Å². The molecule has 0 N–H and O–H groups in total. The molecule has 0 aromatic rings. The molecule has 0 bridgehead atoms. The average molecular weight is 182 g/mol. The van der Waals surface area contributed by atoms with Crippen molar-refractivity contribution in [2.45, 2.75) is 32.4 Å². The third-order valence-electron chi connectivity index (χ3n) is 2.75. The molecule has 0 aromatic carbocycles. The van der Waals surface area contributed by atoms with Crippen molar-refractivity contribution in [1.29, 1.82) is 0 Å². The highest BCUT2D eigenvalue weighted by Crippen LogP contribution is 2.39. The Morgan fingerprint density at radius 1 is 1.50 bits per heavy atom. The number of rotatable bonds is 2. The molecule has 0 nitrogen and oxygen atoms in total. The zero-order valence-corrected chi connectivity index (χ0v) is 9.01. The van der Waals surface area contributed by atoms with Gasteiger partial charge < -0.3 is 0 Å². The standard InChI is InChI=1S/C11H18S/c1-4-8(2)5-6-10-9(3)7-11(10)12/h4-6,9-12H,7H2,1-3H3/b6-5-,8-4-/t9?,10-,11?/m0/s1. The zero-order chi connectivity index (χ0) is 9.14. The van der Waals surface area contributed by atoms with E-state index in [4.69, 9.17) is 0 Å². The highest BCUT2D eigenvalue weighted by Gasteiger charge is 2.32. The summed E-state index contributed by atoms with van der Waals surface area (Å²) in [6.45, 7) is 6.50. The molecule has 1 saturated carbocycles. The van der Waals surface area contributed by atoms with E-state index in [-0.39, 0.29) is 0 Å². The minimum Gasteiger partial charge on any atom is -0.175 e. The van der Waals surface area contributed by atoms with E-state index in [1.165, 1.54) is 12.0 Å². The van der Waals surface area contributed by atoms with E-state index in [1.54, 1.807) is 0 Å². The molecule has 0 radical (unpaired) electrons. The van der Waals surface area contributed by atoms with Gasteiger partial charge in [0.15, 0.2) is 0 Å². The molecule has 3 atom stereocenters. The first-order valence-corrected chi connectivity index (χ1v) is 5.16. The molecular weight excluding hydrogens is 164 g/mol. The van der Waals surface area contributed by atoms with Gasteiger partial charge >= 0.3 is 0 Å². The Balaban J connectivity index is 2.45. The molecule has 1 fully saturated rings. The third-order valence-corrected chi connectivity index (χ3v) is 3.31. The molecule has 68 valence electrons. The molecule has 0 heterocycles. The molecule has 0 amide bonds. The van der Waals surface area contributed by atoms with Crippen molar-refractivity contribution in [2.75, 3.05) is 0 Å². The Kier molecular flexibility index (Phi) is 3.45. The smallest absolute Gasteiger partial charge is 0.00850 e. The van der Waals surface area contributed by atoms with Gasteiger partial charge in [0, 0.05) is 5.25 Å². The molecule has 0 spiro atoms. The molecule has 0 aromatic heterocycles. The van der Waals surface area contributed by atoms with Crippen LogP contribution in [0.2, 0.25) is 0 Å². The molecule has 1 aliphatic carbocycles. The summed E-state index contributed by atoms with van der Waals surface area (Å²) in [5.41, 5.74) is 1.34. The highest BCUT2D eigenvalue weighted by molar-refractivity contribution is 7.81. The van der Waals surface area contributed by atoms with Crippen LogP contribution in [0, 0.1) is 11.8 Å². The molecule has 1 rings (SSSR count). The van der Waals surface area contributed by atoms with E-state index >= 15 is 0 Å². The van der Waals surface area contributed by atoms with Crippen molar-refractivity contribution in [3.8, 4) is 0 Å². The van der Waals surface area contributed by atoms with Crippen LogP contribution in [0.3, 0.4) is 0 Å². The Morgan fingerprint density at radius 3 is 2.58 bits per heavy atom. The van der Waals surface area contributed by atoms with E-state index in [9.17, 15) is 0 Å². The van der Waals surface area contributed by atoms with Gasteiger partial charge in [-0.1, -0.05) is 30.7 Å². The normalized spacial score (nSPS) is 37.0. The quantitative estimate of drug-likeness (QED) is 0.490. The van der Waals surface area contributed by atoms with Crippen LogP contribution in [0.4, 0.5) is 0 Å². The lowest BCUT2D eigenvalue weighted by Crippen LogP contribution is -2.34. The van der Waals surface area contributed by atoms with E-state index in [1.807, 2.05) is 0 Å².